The van der Waals surface area contributed by atoms with Crippen molar-refractivity contribution in [1.29, 1.82) is 0 Å². The van der Waals surface area contributed by atoms with Crippen LogP contribution in [0.2, 0.25) is 0 Å². The van der Waals surface area contributed by atoms with E-state index in [0.717, 1.165) is 11.6 Å². The molecule has 1 saturated heterocycles. The summed E-state index contributed by atoms with van der Waals surface area (Å²) in [5, 5.41) is 0. The fourth-order valence-electron chi connectivity index (χ4n) is 3.68. The van der Waals surface area contributed by atoms with Gasteiger partial charge in [0.05, 0.1) is 12.0 Å². The van der Waals surface area contributed by atoms with Crippen LogP contribution in [0.3, 0.4) is 0 Å². The van der Waals surface area contributed by atoms with Gasteiger partial charge in [0.2, 0.25) is 11.8 Å². The number of hydrogen-bond acceptors (Lipinski definition) is 2. The van der Waals surface area contributed by atoms with Crippen LogP contribution in [-0.4, -0.2) is 16.7 Å². The van der Waals surface area contributed by atoms with Crippen molar-refractivity contribution in [3.8, 4) is 0 Å². The molecule has 3 nitrogen and oxygen atoms in total. The lowest BCUT2D eigenvalue weighted by Crippen LogP contribution is -2.30. The van der Waals surface area contributed by atoms with Crippen molar-refractivity contribution in [2.45, 2.75) is 25.3 Å². The summed E-state index contributed by atoms with van der Waals surface area (Å²) in [7, 11) is 0. The Kier molecular flexibility index (Phi) is 3.27. The Balaban J connectivity index is 1.58. The number of hydrogen-bond donors (Lipinski definition) is 0. The number of nitrogens with zero attached hydrogens (tertiary/aromatic N) is 1. The quantitative estimate of drug-likeness (QED) is 0.810. The Morgan fingerprint density at radius 3 is 2.54 bits per heavy atom. The van der Waals surface area contributed by atoms with Gasteiger partial charge in [-0.3, -0.25) is 14.5 Å². The van der Waals surface area contributed by atoms with Crippen molar-refractivity contribution in [3.63, 3.8) is 0 Å². The Morgan fingerprint density at radius 1 is 1.08 bits per heavy atom. The van der Waals surface area contributed by atoms with E-state index in [1.807, 2.05) is 30.3 Å². The molecule has 1 spiro atoms. The fraction of sp³-hybridized carbons (Fsp3) is 0.263. The summed E-state index contributed by atoms with van der Waals surface area (Å²) in [6.45, 7) is 0.235. The monoisotopic (exact) mass is 327 g/mol. The van der Waals surface area contributed by atoms with E-state index in [9.17, 15) is 18.4 Å². The molecule has 1 aliphatic carbocycles. The summed E-state index contributed by atoms with van der Waals surface area (Å²) < 4.78 is 27.1. The maximum atomic E-state index is 14.0. The van der Waals surface area contributed by atoms with Crippen LogP contribution in [0.4, 0.5) is 8.78 Å². The van der Waals surface area contributed by atoms with Crippen LogP contribution in [0, 0.1) is 17.0 Å². The first kappa shape index (κ1) is 15.0. The minimum Gasteiger partial charge on any atom is -0.278 e. The van der Waals surface area contributed by atoms with E-state index < -0.39 is 17.0 Å². The number of benzene rings is 2. The largest absolute Gasteiger partial charge is 0.278 e. The fourth-order valence-corrected chi connectivity index (χ4v) is 3.68. The van der Waals surface area contributed by atoms with Gasteiger partial charge in [-0.1, -0.05) is 36.4 Å². The smallest absolute Gasteiger partial charge is 0.236 e. The molecular weight excluding hydrogens is 312 g/mol. The lowest BCUT2D eigenvalue weighted by molar-refractivity contribution is -0.140. The van der Waals surface area contributed by atoms with Gasteiger partial charge in [0.15, 0.2) is 0 Å². The van der Waals surface area contributed by atoms with Gasteiger partial charge in [0.25, 0.3) is 0 Å². The number of likely N-dealkylation sites (tertiary alicyclic amines) is 1. The molecule has 1 heterocycles. The lowest BCUT2D eigenvalue weighted by Gasteiger charge is -2.15. The highest BCUT2D eigenvalue weighted by Gasteiger charge is 2.67. The second kappa shape index (κ2) is 5.23. The van der Waals surface area contributed by atoms with Crippen LogP contribution < -0.4 is 0 Å². The number of rotatable bonds is 3. The minimum absolute atomic E-state index is 0.0974. The van der Waals surface area contributed by atoms with E-state index in [-0.39, 0.29) is 30.7 Å². The molecule has 24 heavy (non-hydrogen) atoms. The van der Waals surface area contributed by atoms with Crippen LogP contribution in [0.25, 0.3) is 0 Å². The molecule has 2 atom stereocenters. The van der Waals surface area contributed by atoms with E-state index in [4.69, 9.17) is 0 Å². The van der Waals surface area contributed by atoms with Crippen LogP contribution in [0.15, 0.2) is 48.5 Å². The molecule has 2 amide bonds. The highest BCUT2D eigenvalue weighted by atomic mass is 19.1. The Hall–Kier alpha value is -2.56. The molecule has 1 unspecified atom stereocenters. The summed E-state index contributed by atoms with van der Waals surface area (Å²) in [4.78, 5) is 26.3. The first-order chi connectivity index (χ1) is 11.5. The van der Waals surface area contributed by atoms with E-state index >= 15 is 0 Å². The molecule has 4 rings (SSSR count). The van der Waals surface area contributed by atoms with E-state index in [1.54, 1.807) is 0 Å². The average Bonchev–Trinajstić information content (AvgIpc) is 3.22. The van der Waals surface area contributed by atoms with Gasteiger partial charge >= 0.3 is 0 Å². The standard InChI is InChI=1S/C19H15F2NO2/c20-13-6-7-14(16(21)8-13)15-9-19(15)10-17(23)22(18(19)24)11-12-4-2-1-3-5-12/h1-8,15H,9-11H2/t15-,19?/m1/s1. The first-order valence-electron chi connectivity index (χ1n) is 7.85. The molecular formula is C19H15F2NO2. The van der Waals surface area contributed by atoms with Crippen molar-refractivity contribution < 1.29 is 18.4 Å². The molecule has 1 saturated carbocycles. The Morgan fingerprint density at radius 2 is 1.83 bits per heavy atom. The zero-order valence-electron chi connectivity index (χ0n) is 12.8. The molecule has 1 aliphatic heterocycles. The number of amides is 2. The van der Waals surface area contributed by atoms with Gasteiger partial charge in [-0.2, -0.15) is 0 Å². The SMILES string of the molecule is O=C1CC2(C[C@@H]2c2ccc(F)cc2F)C(=O)N1Cc1ccccc1. The van der Waals surface area contributed by atoms with Crippen molar-refractivity contribution in [3.05, 3.63) is 71.3 Å². The van der Waals surface area contributed by atoms with E-state index in [2.05, 4.69) is 0 Å². The topological polar surface area (TPSA) is 37.4 Å². The third-order valence-corrected chi connectivity index (χ3v) is 5.04. The Labute approximate surface area is 137 Å². The van der Waals surface area contributed by atoms with Crippen LogP contribution in [0.5, 0.6) is 0 Å². The molecule has 2 aromatic rings. The van der Waals surface area contributed by atoms with Crippen molar-refractivity contribution in [1.82, 2.24) is 4.90 Å². The maximum Gasteiger partial charge on any atom is 0.236 e. The molecule has 0 aromatic heterocycles. The van der Waals surface area contributed by atoms with Crippen LogP contribution >= 0.6 is 0 Å². The third-order valence-electron chi connectivity index (χ3n) is 5.04. The molecule has 0 bridgehead atoms. The molecule has 5 heteroatoms. The maximum absolute atomic E-state index is 14.0. The summed E-state index contributed by atoms with van der Waals surface area (Å²) in [5.74, 6) is -2.13. The highest BCUT2D eigenvalue weighted by molar-refractivity contribution is 6.08. The predicted molar refractivity (Wildman–Crippen MR) is 82.8 cm³/mol. The second-order valence-electron chi connectivity index (χ2n) is 6.53. The van der Waals surface area contributed by atoms with Crippen molar-refractivity contribution in [2.75, 3.05) is 0 Å². The molecule has 122 valence electrons. The van der Waals surface area contributed by atoms with E-state index in [1.165, 1.54) is 17.0 Å². The molecule has 2 aliphatic rings. The normalized spacial score (nSPS) is 25.6. The summed E-state index contributed by atoms with van der Waals surface area (Å²) in [5.41, 5.74) is 0.352. The van der Waals surface area contributed by atoms with Crippen molar-refractivity contribution >= 4 is 11.8 Å². The lowest BCUT2D eigenvalue weighted by atomic mass is 9.97. The highest BCUT2D eigenvalue weighted by Crippen LogP contribution is 2.65. The van der Waals surface area contributed by atoms with Gasteiger partial charge in [0.1, 0.15) is 11.6 Å². The third kappa shape index (κ3) is 2.23. The summed E-state index contributed by atoms with van der Waals surface area (Å²) in [6.07, 6.45) is 0.533. The van der Waals surface area contributed by atoms with Gasteiger partial charge in [-0.15, -0.1) is 0 Å². The zero-order valence-corrected chi connectivity index (χ0v) is 12.8. The first-order valence-corrected chi connectivity index (χ1v) is 7.85. The number of halogens is 2. The summed E-state index contributed by atoms with van der Waals surface area (Å²) in [6, 6.07) is 12.7. The number of carbonyl (C=O) groups is 2. The molecule has 0 N–H and O–H groups in total. The summed E-state index contributed by atoms with van der Waals surface area (Å²) >= 11 is 0. The minimum atomic E-state index is -0.843. The molecule has 2 aromatic carbocycles. The molecule has 0 radical (unpaired) electrons. The van der Waals surface area contributed by atoms with Crippen LogP contribution in [0.1, 0.15) is 29.9 Å². The van der Waals surface area contributed by atoms with Crippen LogP contribution in [-0.2, 0) is 16.1 Å². The number of imide groups is 1. The predicted octanol–water partition coefficient (Wildman–Crippen LogP) is 3.40. The number of carbonyl (C=O) groups excluding carboxylic acids is 2. The van der Waals surface area contributed by atoms with E-state index in [0.29, 0.717) is 12.0 Å². The van der Waals surface area contributed by atoms with Gasteiger partial charge in [-0.05, 0) is 23.6 Å². The van der Waals surface area contributed by atoms with Gasteiger partial charge in [-0.25, -0.2) is 8.78 Å². The van der Waals surface area contributed by atoms with Gasteiger partial charge < -0.3 is 0 Å². The Bertz CT molecular complexity index is 837. The second-order valence-corrected chi connectivity index (χ2v) is 6.53. The zero-order chi connectivity index (χ0) is 16.9. The average molecular weight is 327 g/mol. The van der Waals surface area contributed by atoms with Crippen molar-refractivity contribution in [2.24, 2.45) is 5.41 Å². The molecule has 2 fully saturated rings. The van der Waals surface area contributed by atoms with Gasteiger partial charge in [0, 0.05) is 18.4 Å².